The van der Waals surface area contributed by atoms with Crippen molar-refractivity contribution in [2.75, 3.05) is 0 Å². The second kappa shape index (κ2) is 7.69. The summed E-state index contributed by atoms with van der Waals surface area (Å²) in [6.45, 7) is 0. The molecule has 0 saturated heterocycles. The smallest absolute Gasteiger partial charge is 0.304 e. The Bertz CT molecular complexity index is 1220. The van der Waals surface area contributed by atoms with E-state index in [2.05, 4.69) is 4.98 Å². The predicted octanol–water partition coefficient (Wildman–Crippen LogP) is 3.94. The Kier molecular flexibility index (Phi) is 5.56. The number of nitrogens with zero attached hydrogens (tertiary/aromatic N) is 2. The van der Waals surface area contributed by atoms with Crippen LogP contribution < -0.4 is 4.72 Å². The molecule has 2 aromatic carbocycles. The normalized spacial score (nSPS) is 12.1. The van der Waals surface area contributed by atoms with Crippen LogP contribution in [0.25, 0.3) is 5.69 Å². The van der Waals surface area contributed by atoms with Gasteiger partial charge in [-0.25, -0.2) is 26.9 Å². The van der Waals surface area contributed by atoms with Crippen molar-refractivity contribution in [2.24, 2.45) is 0 Å². The van der Waals surface area contributed by atoms with Gasteiger partial charge in [-0.2, -0.15) is 13.2 Å². The number of sulfonamides is 1. The molecule has 30 heavy (non-hydrogen) atoms. The standard InChI is InChI=1S/C17H9ClF5N3O3S/c18-10-6-9(17(21,22)23)4-5-14(10)26-7-13(24-8-26)16(27)25-30(28,29)15-11(19)2-1-3-12(15)20/h1-8H,(H,25,27). The molecule has 0 radical (unpaired) electrons. The summed E-state index contributed by atoms with van der Waals surface area (Å²) in [7, 11) is -4.90. The molecule has 1 aromatic heterocycles. The zero-order chi connectivity index (χ0) is 22.3. The maximum Gasteiger partial charge on any atom is 0.416 e. The minimum atomic E-state index is -4.90. The van der Waals surface area contributed by atoms with Crippen LogP contribution >= 0.6 is 11.6 Å². The Morgan fingerprint density at radius 2 is 1.73 bits per heavy atom. The summed E-state index contributed by atoms with van der Waals surface area (Å²) < 4.78 is 92.4. The highest BCUT2D eigenvalue weighted by Gasteiger charge is 2.31. The number of imidazole rings is 1. The lowest BCUT2D eigenvalue weighted by Crippen LogP contribution is -2.32. The number of carbonyl (C=O) groups excluding carboxylic acids is 1. The molecule has 0 aliphatic rings. The van der Waals surface area contributed by atoms with Crippen LogP contribution in [0.2, 0.25) is 5.02 Å². The molecule has 1 N–H and O–H groups in total. The molecule has 0 fully saturated rings. The molecule has 3 rings (SSSR count). The van der Waals surface area contributed by atoms with Gasteiger partial charge in [0.1, 0.15) is 23.7 Å². The first-order valence-corrected chi connectivity index (χ1v) is 9.68. The van der Waals surface area contributed by atoms with Gasteiger partial charge in [0.25, 0.3) is 15.9 Å². The minimum absolute atomic E-state index is 0.0271. The maximum atomic E-state index is 13.7. The van der Waals surface area contributed by atoms with Gasteiger partial charge in [0.05, 0.1) is 16.3 Å². The van der Waals surface area contributed by atoms with Crippen LogP contribution in [0.5, 0.6) is 0 Å². The van der Waals surface area contributed by atoms with E-state index < -0.39 is 49.9 Å². The molecule has 1 heterocycles. The van der Waals surface area contributed by atoms with Gasteiger partial charge in [-0.05, 0) is 30.3 Å². The molecule has 0 unspecified atom stereocenters. The average molecular weight is 466 g/mol. The van der Waals surface area contributed by atoms with Crippen LogP contribution in [0.3, 0.4) is 0 Å². The third-order valence-corrected chi connectivity index (χ3v) is 5.47. The Labute approximate surface area is 171 Å². The van der Waals surface area contributed by atoms with Crippen LogP contribution in [0.4, 0.5) is 22.0 Å². The Balaban J connectivity index is 1.87. The van der Waals surface area contributed by atoms with Crippen molar-refractivity contribution in [1.82, 2.24) is 14.3 Å². The summed E-state index contributed by atoms with van der Waals surface area (Å²) in [6.07, 6.45) is -2.63. The minimum Gasteiger partial charge on any atom is -0.304 e. The predicted molar refractivity (Wildman–Crippen MR) is 94.6 cm³/mol. The van der Waals surface area contributed by atoms with E-state index in [4.69, 9.17) is 11.6 Å². The highest BCUT2D eigenvalue weighted by Crippen LogP contribution is 2.33. The summed E-state index contributed by atoms with van der Waals surface area (Å²) in [5, 5.41) is -0.310. The Morgan fingerprint density at radius 3 is 2.30 bits per heavy atom. The van der Waals surface area contributed by atoms with Crippen molar-refractivity contribution in [2.45, 2.75) is 11.1 Å². The molecule has 0 atom stereocenters. The van der Waals surface area contributed by atoms with E-state index in [-0.39, 0.29) is 10.7 Å². The van der Waals surface area contributed by atoms with E-state index in [9.17, 15) is 35.2 Å². The van der Waals surface area contributed by atoms with Gasteiger partial charge in [-0.1, -0.05) is 17.7 Å². The van der Waals surface area contributed by atoms with E-state index in [0.717, 1.165) is 35.3 Å². The summed E-state index contributed by atoms with van der Waals surface area (Å²) >= 11 is 5.85. The van der Waals surface area contributed by atoms with Crippen LogP contribution in [0.1, 0.15) is 16.1 Å². The molecule has 0 spiro atoms. The second-order valence-electron chi connectivity index (χ2n) is 5.82. The van der Waals surface area contributed by atoms with E-state index in [1.54, 1.807) is 0 Å². The lowest BCUT2D eigenvalue weighted by atomic mass is 10.2. The number of halogens is 6. The highest BCUT2D eigenvalue weighted by atomic mass is 35.5. The van der Waals surface area contributed by atoms with Crippen molar-refractivity contribution in [1.29, 1.82) is 0 Å². The van der Waals surface area contributed by atoms with E-state index >= 15 is 0 Å². The molecule has 6 nitrogen and oxygen atoms in total. The number of amides is 1. The van der Waals surface area contributed by atoms with E-state index in [1.807, 2.05) is 0 Å². The molecular weight excluding hydrogens is 457 g/mol. The van der Waals surface area contributed by atoms with E-state index in [0.29, 0.717) is 18.2 Å². The third-order valence-electron chi connectivity index (χ3n) is 3.78. The number of hydrogen-bond acceptors (Lipinski definition) is 4. The molecule has 3 aromatic rings. The maximum absolute atomic E-state index is 13.7. The van der Waals surface area contributed by atoms with Gasteiger partial charge in [0.2, 0.25) is 0 Å². The zero-order valence-electron chi connectivity index (χ0n) is 14.4. The fourth-order valence-corrected chi connectivity index (χ4v) is 3.81. The molecule has 158 valence electrons. The topological polar surface area (TPSA) is 81.1 Å². The summed E-state index contributed by atoms with van der Waals surface area (Å²) in [6, 6.07) is 4.79. The van der Waals surface area contributed by atoms with Crippen molar-refractivity contribution in [3.8, 4) is 5.69 Å². The monoisotopic (exact) mass is 465 g/mol. The van der Waals surface area contributed by atoms with Crippen molar-refractivity contribution in [3.63, 3.8) is 0 Å². The van der Waals surface area contributed by atoms with Crippen LogP contribution in [0, 0.1) is 11.6 Å². The molecule has 0 aliphatic carbocycles. The lowest BCUT2D eigenvalue weighted by Gasteiger charge is -2.10. The molecule has 0 aliphatic heterocycles. The quantitative estimate of drug-likeness (QED) is 0.592. The number of alkyl halides is 3. The van der Waals surface area contributed by atoms with Crippen LogP contribution in [-0.4, -0.2) is 23.9 Å². The average Bonchev–Trinajstić information content (AvgIpc) is 3.10. The molecule has 0 bridgehead atoms. The highest BCUT2D eigenvalue weighted by molar-refractivity contribution is 7.90. The number of benzene rings is 2. The molecule has 0 saturated carbocycles. The Morgan fingerprint density at radius 1 is 1.10 bits per heavy atom. The van der Waals surface area contributed by atoms with Gasteiger partial charge in [0, 0.05) is 6.20 Å². The van der Waals surface area contributed by atoms with Crippen LogP contribution in [-0.2, 0) is 16.2 Å². The number of carbonyl (C=O) groups is 1. The number of rotatable bonds is 4. The first kappa shape index (κ1) is 21.7. The third kappa shape index (κ3) is 4.28. The number of aromatic nitrogens is 2. The van der Waals surface area contributed by atoms with Crippen molar-refractivity contribution in [3.05, 3.63) is 76.8 Å². The van der Waals surface area contributed by atoms with E-state index in [1.165, 1.54) is 4.72 Å². The number of nitrogens with one attached hydrogen (secondary N) is 1. The fourth-order valence-electron chi connectivity index (χ4n) is 2.43. The molecule has 1 amide bonds. The van der Waals surface area contributed by atoms with Gasteiger partial charge < -0.3 is 4.57 Å². The largest absolute Gasteiger partial charge is 0.416 e. The zero-order valence-corrected chi connectivity index (χ0v) is 16.0. The summed E-state index contributed by atoms with van der Waals surface area (Å²) in [4.78, 5) is 14.5. The summed E-state index contributed by atoms with van der Waals surface area (Å²) in [5.41, 5.74) is -1.46. The Hall–Kier alpha value is -2.99. The molecule has 13 heteroatoms. The lowest BCUT2D eigenvalue weighted by molar-refractivity contribution is -0.137. The van der Waals surface area contributed by atoms with Gasteiger partial charge in [-0.3, -0.25) is 4.79 Å². The van der Waals surface area contributed by atoms with Crippen LogP contribution in [0.15, 0.2) is 53.8 Å². The van der Waals surface area contributed by atoms with Crippen molar-refractivity contribution < 1.29 is 35.2 Å². The number of hydrogen-bond donors (Lipinski definition) is 1. The fraction of sp³-hybridized carbons (Fsp3) is 0.0588. The second-order valence-corrected chi connectivity index (χ2v) is 7.84. The first-order valence-electron chi connectivity index (χ1n) is 7.82. The van der Waals surface area contributed by atoms with Gasteiger partial charge >= 0.3 is 6.18 Å². The van der Waals surface area contributed by atoms with Gasteiger partial charge in [-0.15, -0.1) is 0 Å². The van der Waals surface area contributed by atoms with Crippen molar-refractivity contribution >= 4 is 27.5 Å². The van der Waals surface area contributed by atoms with Gasteiger partial charge in [0.15, 0.2) is 4.90 Å². The first-order chi connectivity index (χ1) is 13.9. The molecular formula is C17H9ClF5N3O3S. The SMILES string of the molecule is O=C(NS(=O)(=O)c1c(F)cccc1F)c1cn(-c2ccc(C(F)(F)F)cc2Cl)cn1. The summed E-state index contributed by atoms with van der Waals surface area (Å²) in [5.74, 6) is -4.13.